The summed E-state index contributed by atoms with van der Waals surface area (Å²) in [5.41, 5.74) is 11.3. The van der Waals surface area contributed by atoms with Gasteiger partial charge in [0.2, 0.25) is 5.75 Å². The van der Waals surface area contributed by atoms with Gasteiger partial charge in [-0.25, -0.2) is 4.98 Å². The number of anilines is 1. The molecule has 7 heteroatoms. The largest absolute Gasteiger partial charge is 0.478 e. The topological polar surface area (TPSA) is 77.1 Å². The van der Waals surface area contributed by atoms with E-state index < -0.39 is 6.10 Å². The summed E-state index contributed by atoms with van der Waals surface area (Å²) in [5.74, 6) is 0.603. The first kappa shape index (κ1) is 19.8. The van der Waals surface area contributed by atoms with Gasteiger partial charge >= 0.3 is 0 Å². The Balaban J connectivity index is 1.59. The highest BCUT2D eigenvalue weighted by Crippen LogP contribution is 2.42. The molecule has 0 radical (unpaired) electrons. The quantitative estimate of drug-likeness (QED) is 0.300. The van der Waals surface area contributed by atoms with E-state index in [4.69, 9.17) is 38.1 Å². The van der Waals surface area contributed by atoms with Crippen molar-refractivity contribution in [2.24, 2.45) is 0 Å². The van der Waals surface area contributed by atoms with Gasteiger partial charge in [-0.15, -0.1) is 0 Å². The maximum absolute atomic E-state index is 6.50. The van der Waals surface area contributed by atoms with Crippen LogP contribution in [-0.2, 0) is 0 Å². The lowest BCUT2D eigenvalue weighted by Gasteiger charge is -2.19. The summed E-state index contributed by atoms with van der Waals surface area (Å²) in [6, 6.07) is 11.9. The number of nitrogens with two attached hydrogens (primary N) is 1. The van der Waals surface area contributed by atoms with Gasteiger partial charge in [0, 0.05) is 34.1 Å². The monoisotopic (exact) mass is 451 g/mol. The molecular formula is C24H19Cl2N3O2. The van der Waals surface area contributed by atoms with E-state index in [0.717, 1.165) is 33.0 Å². The highest BCUT2D eigenvalue weighted by atomic mass is 35.5. The number of aromatic amines is 1. The Bertz CT molecular complexity index is 1440. The lowest BCUT2D eigenvalue weighted by atomic mass is 10.0. The van der Waals surface area contributed by atoms with Crippen LogP contribution in [0.3, 0.4) is 0 Å². The van der Waals surface area contributed by atoms with E-state index in [1.807, 2.05) is 44.3 Å². The van der Waals surface area contributed by atoms with Gasteiger partial charge in [-0.2, -0.15) is 0 Å². The molecule has 0 fully saturated rings. The second-order valence-corrected chi connectivity index (χ2v) is 8.28. The number of nitrogen functional groups attached to an aromatic ring is 1. The number of nitrogens with one attached hydrogen (secondary N) is 1. The fourth-order valence-electron chi connectivity index (χ4n) is 3.82. The summed E-state index contributed by atoms with van der Waals surface area (Å²) in [6.45, 7) is 3.79. The number of rotatable bonds is 4. The Hall–Kier alpha value is -3.15. The van der Waals surface area contributed by atoms with Gasteiger partial charge in [-0.05, 0) is 48.6 Å². The number of fused-ring (bicyclic) bond motifs is 2. The smallest absolute Gasteiger partial charge is 0.205 e. The molecule has 0 unspecified atom stereocenters. The van der Waals surface area contributed by atoms with Gasteiger partial charge in [0.15, 0.2) is 11.4 Å². The molecule has 0 aliphatic carbocycles. The van der Waals surface area contributed by atoms with Crippen molar-refractivity contribution in [3.05, 3.63) is 76.2 Å². The number of ether oxygens (including phenoxy) is 1. The van der Waals surface area contributed by atoms with E-state index in [0.29, 0.717) is 26.9 Å². The lowest BCUT2D eigenvalue weighted by Crippen LogP contribution is -2.08. The SMILES string of the molecule is Cc1ccc(Cl)c([C@@H](C)Oc2c(N)ncc3c(-c4ccc5cc[nH]c5c4)coc23)c1Cl. The van der Waals surface area contributed by atoms with Crippen molar-refractivity contribution >= 4 is 50.9 Å². The summed E-state index contributed by atoms with van der Waals surface area (Å²) >= 11 is 12.9. The minimum Gasteiger partial charge on any atom is -0.478 e. The van der Waals surface area contributed by atoms with Crippen molar-refractivity contribution in [1.29, 1.82) is 0 Å². The molecule has 1 atom stereocenters. The number of benzene rings is 2. The number of hydrogen-bond donors (Lipinski definition) is 2. The number of furan rings is 1. The first-order chi connectivity index (χ1) is 14.9. The standard InChI is InChI=1S/C24H19Cl2N3O2/c1-12-3-6-18(25)20(21(12)26)13(2)31-23-22-16(10-29-24(23)27)17(11-30-22)15-5-4-14-7-8-28-19(14)9-15/h3-11,13,28H,1-2H3,(H2,27,29)/t13-/m1/s1. The van der Waals surface area contributed by atoms with E-state index >= 15 is 0 Å². The molecule has 156 valence electrons. The second-order valence-electron chi connectivity index (χ2n) is 7.50. The van der Waals surface area contributed by atoms with Crippen LogP contribution in [0.1, 0.15) is 24.2 Å². The van der Waals surface area contributed by atoms with Crippen LogP contribution in [0.5, 0.6) is 5.75 Å². The number of aromatic nitrogens is 2. The summed E-state index contributed by atoms with van der Waals surface area (Å²) in [7, 11) is 0. The maximum Gasteiger partial charge on any atom is 0.205 e. The van der Waals surface area contributed by atoms with Crippen LogP contribution >= 0.6 is 23.2 Å². The molecule has 5 aromatic rings. The average molecular weight is 452 g/mol. The number of aryl methyl sites for hydroxylation is 1. The van der Waals surface area contributed by atoms with Crippen molar-refractivity contribution < 1.29 is 9.15 Å². The number of hydrogen-bond acceptors (Lipinski definition) is 4. The fourth-order valence-corrected chi connectivity index (χ4v) is 4.50. The number of nitrogens with zero attached hydrogens (tertiary/aromatic N) is 1. The zero-order valence-corrected chi connectivity index (χ0v) is 18.4. The zero-order chi connectivity index (χ0) is 21.7. The molecule has 3 heterocycles. The maximum atomic E-state index is 6.50. The molecule has 0 aliphatic rings. The van der Waals surface area contributed by atoms with Crippen LogP contribution < -0.4 is 10.5 Å². The third-order valence-electron chi connectivity index (χ3n) is 5.49. The molecule has 5 rings (SSSR count). The number of pyridine rings is 1. The van der Waals surface area contributed by atoms with Gasteiger partial charge in [-0.1, -0.05) is 41.4 Å². The van der Waals surface area contributed by atoms with Gasteiger partial charge < -0.3 is 19.9 Å². The summed E-state index contributed by atoms with van der Waals surface area (Å²) in [5, 5.41) is 3.05. The predicted octanol–water partition coefficient (Wildman–Crippen LogP) is 7.31. The van der Waals surface area contributed by atoms with E-state index in [2.05, 4.69) is 22.1 Å². The van der Waals surface area contributed by atoms with Gasteiger partial charge in [0.1, 0.15) is 6.10 Å². The summed E-state index contributed by atoms with van der Waals surface area (Å²) in [6.07, 6.45) is 4.85. The molecule has 3 aromatic heterocycles. The molecule has 0 saturated carbocycles. The summed E-state index contributed by atoms with van der Waals surface area (Å²) in [4.78, 5) is 7.58. The van der Waals surface area contributed by atoms with Crippen LogP contribution in [0.4, 0.5) is 5.82 Å². The third kappa shape index (κ3) is 3.30. The normalized spacial score (nSPS) is 12.5. The van der Waals surface area contributed by atoms with E-state index in [1.165, 1.54) is 0 Å². The molecule has 2 aromatic carbocycles. The Morgan fingerprint density at radius 2 is 2.00 bits per heavy atom. The Morgan fingerprint density at radius 3 is 2.84 bits per heavy atom. The minimum atomic E-state index is -0.460. The zero-order valence-electron chi connectivity index (χ0n) is 16.9. The fraction of sp³-hybridized carbons (Fsp3) is 0.125. The van der Waals surface area contributed by atoms with E-state index in [-0.39, 0.29) is 5.82 Å². The molecule has 0 spiro atoms. The highest BCUT2D eigenvalue weighted by molar-refractivity contribution is 6.36. The molecule has 0 bridgehead atoms. The van der Waals surface area contributed by atoms with E-state index in [9.17, 15) is 0 Å². The third-order valence-corrected chi connectivity index (χ3v) is 6.32. The van der Waals surface area contributed by atoms with E-state index in [1.54, 1.807) is 12.5 Å². The second kappa shape index (κ2) is 7.52. The Kier molecular flexibility index (Phi) is 4.80. The first-order valence-electron chi connectivity index (χ1n) is 9.78. The van der Waals surface area contributed by atoms with Crippen molar-refractivity contribution in [3.8, 4) is 16.9 Å². The Labute approximate surface area is 188 Å². The van der Waals surface area contributed by atoms with Crippen molar-refractivity contribution in [2.45, 2.75) is 20.0 Å². The first-order valence-corrected chi connectivity index (χ1v) is 10.5. The average Bonchev–Trinajstić information content (AvgIpc) is 3.39. The molecule has 3 N–H and O–H groups in total. The summed E-state index contributed by atoms with van der Waals surface area (Å²) < 4.78 is 12.1. The minimum absolute atomic E-state index is 0.236. The highest BCUT2D eigenvalue weighted by Gasteiger charge is 2.22. The number of halogens is 2. The Morgan fingerprint density at radius 1 is 1.16 bits per heavy atom. The molecule has 0 saturated heterocycles. The molecule has 31 heavy (non-hydrogen) atoms. The van der Waals surface area contributed by atoms with Crippen LogP contribution in [0, 0.1) is 6.92 Å². The van der Waals surface area contributed by atoms with Crippen LogP contribution in [-0.4, -0.2) is 9.97 Å². The predicted molar refractivity (Wildman–Crippen MR) is 126 cm³/mol. The molecular weight excluding hydrogens is 433 g/mol. The van der Waals surface area contributed by atoms with Crippen LogP contribution in [0.25, 0.3) is 33.0 Å². The van der Waals surface area contributed by atoms with Gasteiger partial charge in [0.25, 0.3) is 0 Å². The number of H-pyrrole nitrogens is 1. The van der Waals surface area contributed by atoms with Crippen molar-refractivity contribution in [3.63, 3.8) is 0 Å². The molecule has 0 amide bonds. The van der Waals surface area contributed by atoms with Crippen molar-refractivity contribution in [2.75, 3.05) is 5.73 Å². The molecule has 0 aliphatic heterocycles. The van der Waals surface area contributed by atoms with Gasteiger partial charge in [-0.3, -0.25) is 0 Å². The lowest BCUT2D eigenvalue weighted by molar-refractivity contribution is 0.228. The van der Waals surface area contributed by atoms with Gasteiger partial charge in [0.05, 0.1) is 16.7 Å². The van der Waals surface area contributed by atoms with Crippen molar-refractivity contribution in [1.82, 2.24) is 9.97 Å². The van der Waals surface area contributed by atoms with Crippen LogP contribution in [0.2, 0.25) is 10.0 Å². The molecule has 5 nitrogen and oxygen atoms in total. The van der Waals surface area contributed by atoms with Crippen LogP contribution in [0.15, 0.2) is 59.5 Å².